The van der Waals surface area contributed by atoms with E-state index in [9.17, 15) is 0 Å². The molecule has 0 radical (unpaired) electrons. The fourth-order valence-corrected chi connectivity index (χ4v) is 10.5. The van der Waals surface area contributed by atoms with Crippen molar-refractivity contribution in [1.29, 1.82) is 0 Å². The Labute approximate surface area is 436 Å². The molecule has 4 heterocycles. The Balaban J connectivity index is 1.00. The van der Waals surface area contributed by atoms with Crippen molar-refractivity contribution in [2.75, 3.05) is 0 Å². The first kappa shape index (κ1) is 45.0. The molecule has 9 aromatic carbocycles. The van der Waals surface area contributed by atoms with Crippen molar-refractivity contribution in [3.63, 3.8) is 0 Å². The lowest BCUT2D eigenvalue weighted by Gasteiger charge is -2.16. The lowest BCUT2D eigenvalue weighted by Crippen LogP contribution is -1.97. The maximum absolute atomic E-state index is 5.61. The van der Waals surface area contributed by atoms with Crippen molar-refractivity contribution >= 4 is 67.9 Å². The summed E-state index contributed by atoms with van der Waals surface area (Å²) < 4.78 is 0. The summed E-state index contributed by atoms with van der Waals surface area (Å²) in [5.74, 6) is 0. The van der Waals surface area contributed by atoms with E-state index in [1.165, 1.54) is 0 Å². The number of rotatable bonds is 10. The molecule has 4 heteroatoms. The van der Waals surface area contributed by atoms with Gasteiger partial charge in [-0.1, -0.05) is 231 Å². The van der Waals surface area contributed by atoms with Crippen LogP contribution >= 0.6 is 0 Å². The van der Waals surface area contributed by atoms with Crippen molar-refractivity contribution in [2.45, 2.75) is 6.92 Å². The van der Waals surface area contributed by atoms with Gasteiger partial charge in [0.2, 0.25) is 0 Å². The van der Waals surface area contributed by atoms with E-state index in [1.54, 1.807) is 0 Å². The second kappa shape index (κ2) is 19.6. The van der Waals surface area contributed by atoms with Gasteiger partial charge in [-0.15, -0.1) is 0 Å². The predicted octanol–water partition coefficient (Wildman–Crippen LogP) is 18.5. The summed E-state index contributed by atoms with van der Waals surface area (Å²) in [5.41, 5.74) is 21.2. The number of aromatic nitrogens is 4. The van der Waals surface area contributed by atoms with Gasteiger partial charge in [-0.3, -0.25) is 0 Å². The average Bonchev–Trinajstić information content (AvgIpc) is 3.50. The molecule has 0 fully saturated rings. The van der Waals surface area contributed by atoms with Crippen LogP contribution < -0.4 is 0 Å². The van der Waals surface area contributed by atoms with Crippen LogP contribution in [0, 0.1) is 6.92 Å². The van der Waals surface area contributed by atoms with Crippen LogP contribution in [0.1, 0.15) is 28.1 Å². The van der Waals surface area contributed by atoms with E-state index in [0.29, 0.717) is 0 Å². The molecule has 0 N–H and O–H groups in total. The van der Waals surface area contributed by atoms with Crippen LogP contribution in [0.5, 0.6) is 0 Å². The number of fused-ring (bicyclic) bond motifs is 6. The van der Waals surface area contributed by atoms with Gasteiger partial charge in [-0.25, -0.2) is 19.9 Å². The maximum atomic E-state index is 5.61. The normalized spacial score (nSPS) is 11.7. The quantitative estimate of drug-likeness (QED) is 0.128. The summed E-state index contributed by atoms with van der Waals surface area (Å²) in [6.45, 7) is 2.18. The number of nitrogens with zero attached hydrogens (tertiary/aromatic N) is 4. The summed E-state index contributed by atoms with van der Waals surface area (Å²) in [5, 5.41) is 4.20. The molecule has 0 aliphatic heterocycles. The Kier molecular flexibility index (Phi) is 11.8. The molecule has 0 atom stereocenters. The van der Waals surface area contributed by atoms with Crippen LogP contribution in [-0.4, -0.2) is 19.9 Å². The van der Waals surface area contributed by atoms with Gasteiger partial charge in [0.25, 0.3) is 0 Å². The maximum Gasteiger partial charge on any atom is 0.0978 e. The molecular weight excluding hydrogens is 909 g/mol. The Hall–Kier alpha value is -9.90. The fraction of sp³-hybridized carbons (Fsp3) is 0.0141. The summed E-state index contributed by atoms with van der Waals surface area (Å²) in [4.78, 5) is 22.0. The third-order valence-corrected chi connectivity index (χ3v) is 14.2. The third-order valence-electron chi connectivity index (χ3n) is 14.2. The summed E-state index contributed by atoms with van der Waals surface area (Å²) in [7, 11) is 0. The minimum Gasteiger partial charge on any atom is -0.246 e. The highest BCUT2D eigenvalue weighted by Gasteiger charge is 2.20. The van der Waals surface area contributed by atoms with Crippen LogP contribution in [0.4, 0.5) is 0 Å². The monoisotopic (exact) mass is 956 g/mol. The molecule has 13 aromatic rings. The van der Waals surface area contributed by atoms with Crippen LogP contribution in [0.15, 0.2) is 249 Å². The van der Waals surface area contributed by atoms with Gasteiger partial charge >= 0.3 is 0 Å². The minimum absolute atomic E-state index is 0.855. The first-order valence-electron chi connectivity index (χ1n) is 25.4. The van der Waals surface area contributed by atoms with Gasteiger partial charge in [0.1, 0.15) is 0 Å². The number of hydrogen-bond acceptors (Lipinski definition) is 4. The molecular formula is C71H48N4. The van der Waals surface area contributed by atoms with Crippen molar-refractivity contribution < 1.29 is 0 Å². The Bertz CT molecular complexity index is 4310. The zero-order valence-electron chi connectivity index (χ0n) is 41.3. The van der Waals surface area contributed by atoms with E-state index in [1.807, 2.05) is 12.1 Å². The van der Waals surface area contributed by atoms with Crippen molar-refractivity contribution in [2.24, 2.45) is 0 Å². The summed E-state index contributed by atoms with van der Waals surface area (Å²) >= 11 is 0. The van der Waals surface area contributed by atoms with E-state index >= 15 is 0 Å². The largest absolute Gasteiger partial charge is 0.246 e. The predicted molar refractivity (Wildman–Crippen MR) is 316 cm³/mol. The van der Waals surface area contributed by atoms with Gasteiger partial charge in [-0.05, 0) is 111 Å². The van der Waals surface area contributed by atoms with Crippen LogP contribution in [0.2, 0.25) is 0 Å². The summed E-state index contributed by atoms with van der Waals surface area (Å²) in [6.07, 6.45) is 8.47. The molecule has 0 amide bonds. The smallest absolute Gasteiger partial charge is 0.0978 e. The first-order valence-corrected chi connectivity index (χ1v) is 25.4. The Morgan fingerprint density at radius 3 is 0.973 bits per heavy atom. The second-order valence-electron chi connectivity index (χ2n) is 19.0. The van der Waals surface area contributed by atoms with Gasteiger partial charge in [0.15, 0.2) is 0 Å². The molecule has 352 valence electrons. The number of aryl methyl sites for hydroxylation is 1. The third kappa shape index (κ3) is 8.85. The molecule has 0 saturated carbocycles. The van der Waals surface area contributed by atoms with E-state index in [2.05, 4.69) is 268 Å². The first-order chi connectivity index (χ1) is 37.1. The minimum atomic E-state index is 0.855. The van der Waals surface area contributed by atoms with Crippen LogP contribution in [0.25, 0.3) is 135 Å². The molecule has 13 rings (SSSR count). The molecule has 0 spiro atoms. The van der Waals surface area contributed by atoms with Gasteiger partial charge in [0.05, 0.1) is 44.8 Å². The molecule has 0 unspecified atom stereocenters. The fourth-order valence-electron chi connectivity index (χ4n) is 10.5. The standard InChI is InChI=1S/C71H48N4/c1-47-42-54(66-45-64(52-28-16-6-17-29-52)60-40-38-58-62(50-24-12-4-13-25-50)43-55(72-68(58)70(60)74-66)35-32-48-20-8-2-9-21-48)34-37-57(47)67-46-65(53-30-18-7-19-31-53)61-41-39-59-63(51-26-14-5-15-27-51)44-56(73-69(59)71(61)75-67)36-33-49-22-10-3-11-23-49/h2-46H,1H3/b35-32+,36-33+. The van der Waals surface area contributed by atoms with Crippen molar-refractivity contribution in [1.82, 2.24) is 19.9 Å². The highest BCUT2D eigenvalue weighted by atomic mass is 14.8. The van der Waals surface area contributed by atoms with Crippen LogP contribution in [-0.2, 0) is 0 Å². The average molecular weight is 957 g/mol. The number of hydrogen-bond donors (Lipinski definition) is 0. The van der Waals surface area contributed by atoms with Crippen LogP contribution in [0.3, 0.4) is 0 Å². The van der Waals surface area contributed by atoms with Gasteiger partial charge in [0, 0.05) is 32.7 Å². The second-order valence-corrected chi connectivity index (χ2v) is 19.0. The van der Waals surface area contributed by atoms with E-state index in [0.717, 1.165) is 139 Å². The highest BCUT2D eigenvalue weighted by molar-refractivity contribution is 6.14. The highest BCUT2D eigenvalue weighted by Crippen LogP contribution is 2.42. The van der Waals surface area contributed by atoms with E-state index in [-0.39, 0.29) is 0 Å². The van der Waals surface area contributed by atoms with Gasteiger partial charge in [-0.2, -0.15) is 0 Å². The van der Waals surface area contributed by atoms with E-state index in [4.69, 9.17) is 19.9 Å². The van der Waals surface area contributed by atoms with E-state index < -0.39 is 0 Å². The molecule has 0 bridgehead atoms. The molecule has 0 aliphatic rings. The van der Waals surface area contributed by atoms with Gasteiger partial charge < -0.3 is 0 Å². The lowest BCUT2D eigenvalue weighted by atomic mass is 9.92. The Morgan fingerprint density at radius 2 is 0.587 bits per heavy atom. The molecule has 4 aromatic heterocycles. The molecule has 0 aliphatic carbocycles. The molecule has 4 nitrogen and oxygen atoms in total. The zero-order valence-corrected chi connectivity index (χ0v) is 41.3. The summed E-state index contributed by atoms with van der Waals surface area (Å²) in [6, 6.07) is 87.6. The molecule has 0 saturated heterocycles. The number of pyridine rings is 4. The van der Waals surface area contributed by atoms with Crippen molar-refractivity contribution in [3.8, 4) is 67.0 Å². The zero-order chi connectivity index (χ0) is 50.1. The topological polar surface area (TPSA) is 51.6 Å². The van der Waals surface area contributed by atoms with Crippen molar-refractivity contribution in [3.05, 3.63) is 277 Å². The molecule has 75 heavy (non-hydrogen) atoms. The number of benzene rings is 9. The Morgan fingerprint density at radius 1 is 0.253 bits per heavy atom. The SMILES string of the molecule is Cc1cc(-c2cc(-c3ccccc3)c3ccc4c(-c5ccccc5)cc(/C=C/c5ccccc5)nc4c3n2)ccc1-c1cc(-c2ccccc2)c2ccc3c(-c4ccccc4)cc(/C=C/c4ccccc4)nc3c2n1. The lowest BCUT2D eigenvalue weighted by molar-refractivity contribution is 1.33.